The molecule has 4 heteroatoms. The standard InChI is InChI=1S/C37H21N3O/c1-38-32-12-6-5-10-27(32)28-11-7-13-34-35(28)29-22-26(18-21-33(29)41-34)31-20-17-25-15-14-24-16-19-30(23-8-3-2-4-9-23)39-36(24)37(25)40-31/h2-22H. The Morgan fingerprint density at radius 3 is 1.95 bits per heavy atom. The first-order valence-corrected chi connectivity index (χ1v) is 13.5. The summed E-state index contributed by atoms with van der Waals surface area (Å²) in [5, 5.41) is 4.10. The van der Waals surface area contributed by atoms with Gasteiger partial charge in [-0.05, 0) is 47.5 Å². The molecular weight excluding hydrogens is 502 g/mol. The minimum Gasteiger partial charge on any atom is -0.456 e. The molecule has 0 saturated carbocycles. The van der Waals surface area contributed by atoms with Crippen LogP contribution >= 0.6 is 0 Å². The van der Waals surface area contributed by atoms with E-state index < -0.39 is 0 Å². The van der Waals surface area contributed by atoms with Gasteiger partial charge in [0.15, 0.2) is 5.69 Å². The number of hydrogen-bond acceptors (Lipinski definition) is 3. The van der Waals surface area contributed by atoms with Crippen molar-refractivity contribution in [2.24, 2.45) is 0 Å². The lowest BCUT2D eigenvalue weighted by molar-refractivity contribution is 0.669. The van der Waals surface area contributed by atoms with Gasteiger partial charge in [0.05, 0.1) is 29.0 Å². The second-order valence-electron chi connectivity index (χ2n) is 10.1. The molecule has 0 radical (unpaired) electrons. The first-order chi connectivity index (χ1) is 20.3. The Morgan fingerprint density at radius 1 is 0.537 bits per heavy atom. The zero-order valence-corrected chi connectivity index (χ0v) is 21.9. The first kappa shape index (κ1) is 23.1. The summed E-state index contributed by atoms with van der Waals surface area (Å²) in [6, 6.07) is 42.7. The van der Waals surface area contributed by atoms with Crippen LogP contribution in [0, 0.1) is 6.57 Å². The molecule has 190 valence electrons. The first-order valence-electron chi connectivity index (χ1n) is 13.5. The number of rotatable bonds is 3. The fraction of sp³-hybridized carbons (Fsp3) is 0. The molecule has 0 atom stereocenters. The second kappa shape index (κ2) is 9.15. The second-order valence-corrected chi connectivity index (χ2v) is 10.1. The number of pyridine rings is 2. The van der Waals surface area contributed by atoms with E-state index in [1.165, 1.54) is 0 Å². The molecule has 0 saturated heterocycles. The van der Waals surface area contributed by atoms with Gasteiger partial charge in [0, 0.05) is 32.7 Å². The van der Waals surface area contributed by atoms with Gasteiger partial charge in [-0.1, -0.05) is 91.0 Å². The number of hydrogen-bond donors (Lipinski definition) is 0. The third-order valence-corrected chi connectivity index (χ3v) is 7.69. The smallest absolute Gasteiger partial charge is 0.194 e. The molecule has 0 aliphatic carbocycles. The summed E-state index contributed by atoms with van der Waals surface area (Å²) in [5.41, 5.74) is 9.74. The third-order valence-electron chi connectivity index (χ3n) is 7.69. The van der Waals surface area contributed by atoms with Crippen LogP contribution < -0.4 is 0 Å². The average Bonchev–Trinajstić information content (AvgIpc) is 3.43. The van der Waals surface area contributed by atoms with E-state index in [4.69, 9.17) is 21.0 Å². The Balaban J connectivity index is 1.33. The molecule has 3 aromatic heterocycles. The number of aromatic nitrogens is 2. The van der Waals surface area contributed by atoms with Crippen LogP contribution in [0.25, 0.3) is 82.2 Å². The molecule has 0 aliphatic rings. The van der Waals surface area contributed by atoms with Crippen molar-refractivity contribution in [2.75, 3.05) is 0 Å². The maximum atomic E-state index is 7.69. The van der Waals surface area contributed by atoms with E-state index in [9.17, 15) is 0 Å². The molecule has 5 aromatic carbocycles. The molecule has 0 aliphatic heterocycles. The van der Waals surface area contributed by atoms with Crippen molar-refractivity contribution in [1.82, 2.24) is 9.97 Å². The van der Waals surface area contributed by atoms with Gasteiger partial charge in [-0.3, -0.25) is 0 Å². The Hall–Kier alpha value is -5.79. The van der Waals surface area contributed by atoms with Crippen molar-refractivity contribution in [1.29, 1.82) is 0 Å². The van der Waals surface area contributed by atoms with Crippen molar-refractivity contribution in [2.45, 2.75) is 0 Å². The molecule has 4 nitrogen and oxygen atoms in total. The molecule has 8 aromatic rings. The lowest BCUT2D eigenvalue weighted by atomic mass is 9.97. The quantitative estimate of drug-likeness (QED) is 0.171. The maximum Gasteiger partial charge on any atom is 0.194 e. The molecule has 41 heavy (non-hydrogen) atoms. The number of fused-ring (bicyclic) bond motifs is 6. The van der Waals surface area contributed by atoms with Gasteiger partial charge < -0.3 is 4.42 Å². The largest absolute Gasteiger partial charge is 0.456 e. The SMILES string of the molecule is [C-]#[N+]c1ccccc1-c1cccc2oc3ccc(-c4ccc5ccc6ccc(-c7ccccc7)nc6c5n4)cc3c12. The van der Waals surface area contributed by atoms with E-state index in [0.717, 1.165) is 77.4 Å². The van der Waals surface area contributed by atoms with Crippen LogP contribution in [0.5, 0.6) is 0 Å². The lowest BCUT2D eigenvalue weighted by Crippen LogP contribution is -1.91. The highest BCUT2D eigenvalue weighted by Gasteiger charge is 2.16. The molecule has 0 amide bonds. The van der Waals surface area contributed by atoms with Crippen LogP contribution in [0.1, 0.15) is 0 Å². The minimum absolute atomic E-state index is 0.621. The lowest BCUT2D eigenvalue weighted by Gasteiger charge is -2.09. The molecule has 8 rings (SSSR count). The average molecular weight is 524 g/mol. The van der Waals surface area contributed by atoms with Gasteiger partial charge in [-0.25, -0.2) is 14.8 Å². The summed E-state index contributed by atoms with van der Waals surface area (Å²) >= 11 is 0. The van der Waals surface area contributed by atoms with E-state index in [1.54, 1.807) is 0 Å². The summed E-state index contributed by atoms with van der Waals surface area (Å²) < 4.78 is 6.25. The molecule has 0 fully saturated rings. The van der Waals surface area contributed by atoms with Crippen LogP contribution in [0.2, 0.25) is 0 Å². The number of para-hydroxylation sites is 1. The Bertz CT molecular complexity index is 2330. The highest BCUT2D eigenvalue weighted by Crippen LogP contribution is 2.41. The fourth-order valence-electron chi connectivity index (χ4n) is 5.71. The molecule has 0 spiro atoms. The third kappa shape index (κ3) is 3.76. The van der Waals surface area contributed by atoms with Crippen LogP contribution in [0.3, 0.4) is 0 Å². The van der Waals surface area contributed by atoms with E-state index >= 15 is 0 Å². The van der Waals surface area contributed by atoms with Crippen LogP contribution in [-0.4, -0.2) is 9.97 Å². The number of benzene rings is 5. The number of nitrogens with zero attached hydrogens (tertiary/aromatic N) is 3. The molecule has 3 heterocycles. The summed E-state index contributed by atoms with van der Waals surface area (Å²) in [7, 11) is 0. The Morgan fingerprint density at radius 2 is 1.20 bits per heavy atom. The summed E-state index contributed by atoms with van der Waals surface area (Å²) in [5.74, 6) is 0. The molecule has 0 bridgehead atoms. The van der Waals surface area contributed by atoms with Crippen molar-refractivity contribution < 1.29 is 4.42 Å². The van der Waals surface area contributed by atoms with Gasteiger partial charge in [-0.15, -0.1) is 0 Å². The van der Waals surface area contributed by atoms with E-state index in [-0.39, 0.29) is 0 Å². The fourth-order valence-corrected chi connectivity index (χ4v) is 5.71. The van der Waals surface area contributed by atoms with Gasteiger partial charge in [-0.2, -0.15) is 0 Å². The van der Waals surface area contributed by atoms with Crippen molar-refractivity contribution >= 4 is 49.4 Å². The number of furan rings is 1. The van der Waals surface area contributed by atoms with Crippen molar-refractivity contribution in [3.63, 3.8) is 0 Å². The predicted molar refractivity (Wildman–Crippen MR) is 167 cm³/mol. The highest BCUT2D eigenvalue weighted by atomic mass is 16.3. The van der Waals surface area contributed by atoms with Gasteiger partial charge in [0.1, 0.15) is 11.2 Å². The van der Waals surface area contributed by atoms with Crippen molar-refractivity contribution in [3.8, 4) is 33.6 Å². The zero-order chi connectivity index (χ0) is 27.3. The topological polar surface area (TPSA) is 43.3 Å². The van der Waals surface area contributed by atoms with Crippen LogP contribution in [-0.2, 0) is 0 Å². The maximum absolute atomic E-state index is 7.69. The monoisotopic (exact) mass is 523 g/mol. The summed E-state index contributed by atoms with van der Waals surface area (Å²) in [6.07, 6.45) is 0. The summed E-state index contributed by atoms with van der Waals surface area (Å²) in [4.78, 5) is 14.0. The normalized spacial score (nSPS) is 11.4. The van der Waals surface area contributed by atoms with Gasteiger partial charge in [0.25, 0.3) is 0 Å². The molecular formula is C37H21N3O. The summed E-state index contributed by atoms with van der Waals surface area (Å²) in [6.45, 7) is 7.69. The minimum atomic E-state index is 0.621. The zero-order valence-electron chi connectivity index (χ0n) is 21.9. The Labute approximate surface area is 236 Å². The van der Waals surface area contributed by atoms with E-state index in [1.807, 2.05) is 60.7 Å². The van der Waals surface area contributed by atoms with E-state index in [0.29, 0.717) is 5.69 Å². The van der Waals surface area contributed by atoms with E-state index in [2.05, 4.69) is 71.6 Å². The Kier molecular flexibility index (Phi) is 5.16. The highest BCUT2D eigenvalue weighted by molar-refractivity contribution is 6.14. The van der Waals surface area contributed by atoms with Crippen molar-refractivity contribution in [3.05, 3.63) is 139 Å². The van der Waals surface area contributed by atoms with Crippen LogP contribution in [0.4, 0.5) is 5.69 Å². The van der Waals surface area contributed by atoms with Gasteiger partial charge >= 0.3 is 0 Å². The molecule has 0 N–H and O–H groups in total. The van der Waals surface area contributed by atoms with Crippen LogP contribution in [0.15, 0.2) is 132 Å². The van der Waals surface area contributed by atoms with Gasteiger partial charge in [0.2, 0.25) is 0 Å². The predicted octanol–water partition coefficient (Wildman–Crippen LogP) is 10.2. The molecule has 0 unspecified atom stereocenters.